The van der Waals surface area contributed by atoms with Crippen LogP contribution in [0.25, 0.3) is 5.57 Å². The summed E-state index contributed by atoms with van der Waals surface area (Å²) in [5, 5.41) is 0. The van der Waals surface area contributed by atoms with Gasteiger partial charge in [0, 0.05) is 42.1 Å². The molecule has 0 heterocycles. The molecule has 0 N–H and O–H groups in total. The Kier molecular flexibility index (Phi) is 9.99. The maximum Gasteiger partial charge on any atom is 0.805 e. The van der Waals surface area contributed by atoms with Gasteiger partial charge in [-0.15, -0.1) is 0 Å². The summed E-state index contributed by atoms with van der Waals surface area (Å²) in [5.41, 5.74) is 7.13. The van der Waals surface area contributed by atoms with Crippen molar-refractivity contribution in [3.63, 3.8) is 0 Å². The molecule has 3 aromatic carbocycles. The second-order valence-corrected chi connectivity index (χ2v) is 10.0. The molecule has 0 saturated carbocycles. The van der Waals surface area contributed by atoms with E-state index in [0.29, 0.717) is 17.9 Å². The van der Waals surface area contributed by atoms with Gasteiger partial charge in [0.1, 0.15) is 0 Å². The monoisotopic (exact) mass is 541 g/mol. The van der Waals surface area contributed by atoms with Crippen molar-refractivity contribution in [2.75, 3.05) is 36.0 Å². The standard InChI is InChI=1S/C33H38N2O3P/c1-5-34(6-2)29-20-14-26(15-21-29)33(27-16-22-30(23-17-27)35(7-3)8-4)28-18-24-32(25-19-28)38-39(36)37-31-12-10-9-11-13-31/h9-18,20-25H,5-8,19H2,1-4H3/q+1. The highest BCUT2D eigenvalue weighted by atomic mass is 31.1. The van der Waals surface area contributed by atoms with Crippen LogP contribution in [0.1, 0.15) is 45.2 Å². The van der Waals surface area contributed by atoms with Crippen LogP contribution in [-0.4, -0.2) is 26.2 Å². The van der Waals surface area contributed by atoms with E-state index >= 15 is 0 Å². The Balaban J connectivity index is 1.61. The molecule has 6 heteroatoms. The van der Waals surface area contributed by atoms with Crippen molar-refractivity contribution in [1.29, 1.82) is 0 Å². The molecule has 3 aromatic rings. The van der Waals surface area contributed by atoms with Crippen molar-refractivity contribution in [3.05, 3.63) is 120 Å². The molecule has 0 radical (unpaired) electrons. The molecule has 0 amide bonds. The van der Waals surface area contributed by atoms with Gasteiger partial charge in [0.05, 0.1) is 0 Å². The molecule has 1 aliphatic carbocycles. The largest absolute Gasteiger partial charge is 0.805 e. The van der Waals surface area contributed by atoms with Gasteiger partial charge in [-0.25, -0.2) is 9.05 Å². The summed E-state index contributed by atoms with van der Waals surface area (Å²) in [6, 6.07) is 26.7. The molecule has 4 rings (SSSR count). The van der Waals surface area contributed by atoms with Gasteiger partial charge in [0.25, 0.3) is 0 Å². The van der Waals surface area contributed by atoms with Crippen LogP contribution in [0.3, 0.4) is 0 Å². The van der Waals surface area contributed by atoms with E-state index in [1.807, 2.05) is 30.4 Å². The second-order valence-electron chi connectivity index (χ2n) is 9.20. The molecule has 0 bridgehead atoms. The summed E-state index contributed by atoms with van der Waals surface area (Å²) in [6.07, 6.45) is 6.55. The van der Waals surface area contributed by atoms with Gasteiger partial charge in [-0.1, -0.05) is 48.5 Å². The van der Waals surface area contributed by atoms with Crippen LogP contribution >= 0.6 is 8.25 Å². The Morgan fingerprint density at radius 2 is 1.21 bits per heavy atom. The lowest BCUT2D eigenvalue weighted by atomic mass is 9.89. The number of hydrogen-bond acceptors (Lipinski definition) is 5. The number of hydrogen-bond donors (Lipinski definition) is 0. The van der Waals surface area contributed by atoms with Crippen LogP contribution in [-0.2, 0) is 9.09 Å². The summed E-state index contributed by atoms with van der Waals surface area (Å²) in [6.45, 7) is 12.6. The van der Waals surface area contributed by atoms with Gasteiger partial charge in [-0.2, -0.15) is 0 Å². The van der Waals surface area contributed by atoms with E-state index in [1.165, 1.54) is 22.5 Å². The minimum Gasteiger partial charge on any atom is -0.372 e. The molecule has 0 fully saturated rings. The average Bonchev–Trinajstić information content (AvgIpc) is 2.97. The molecule has 39 heavy (non-hydrogen) atoms. The van der Waals surface area contributed by atoms with E-state index in [0.717, 1.165) is 37.3 Å². The van der Waals surface area contributed by atoms with Crippen LogP contribution in [0.5, 0.6) is 5.75 Å². The highest BCUT2D eigenvalue weighted by molar-refractivity contribution is 7.34. The summed E-state index contributed by atoms with van der Waals surface area (Å²) in [7, 11) is -2.32. The molecule has 1 atom stereocenters. The minimum absolute atomic E-state index is 0.517. The smallest absolute Gasteiger partial charge is 0.372 e. The predicted octanol–water partition coefficient (Wildman–Crippen LogP) is 8.78. The van der Waals surface area contributed by atoms with E-state index < -0.39 is 8.25 Å². The predicted molar refractivity (Wildman–Crippen MR) is 164 cm³/mol. The lowest BCUT2D eigenvalue weighted by molar-refractivity contribution is 0.365. The van der Waals surface area contributed by atoms with Crippen LogP contribution in [0.15, 0.2) is 108 Å². The zero-order valence-electron chi connectivity index (χ0n) is 23.3. The lowest BCUT2D eigenvalue weighted by Gasteiger charge is -2.23. The molecule has 1 aliphatic rings. The summed E-state index contributed by atoms with van der Waals surface area (Å²) >= 11 is 0. The van der Waals surface area contributed by atoms with Gasteiger partial charge in [0.15, 0.2) is 11.5 Å². The van der Waals surface area contributed by atoms with Crippen molar-refractivity contribution < 1.29 is 13.6 Å². The number of nitrogens with zero attached hydrogens (tertiary/aromatic N) is 2. The maximum absolute atomic E-state index is 12.4. The molecule has 0 spiro atoms. The zero-order valence-corrected chi connectivity index (χ0v) is 24.2. The summed E-state index contributed by atoms with van der Waals surface area (Å²) in [4.78, 5) is 4.70. The average molecular weight is 542 g/mol. The first-order valence-corrected chi connectivity index (χ1v) is 14.9. The fourth-order valence-electron chi connectivity index (χ4n) is 4.85. The number of rotatable bonds is 12. The fourth-order valence-corrected chi connectivity index (χ4v) is 5.49. The Morgan fingerprint density at radius 1 is 0.692 bits per heavy atom. The molecular formula is C33H38N2O3P+. The van der Waals surface area contributed by atoms with Crippen molar-refractivity contribution in [1.82, 2.24) is 0 Å². The number of para-hydroxylation sites is 1. The first kappa shape index (κ1) is 28.2. The van der Waals surface area contributed by atoms with Gasteiger partial charge < -0.3 is 9.80 Å². The molecule has 0 saturated heterocycles. The Hall–Kier alpha value is -3.82. The van der Waals surface area contributed by atoms with Crippen molar-refractivity contribution in [2.24, 2.45) is 0 Å². The third-order valence-corrected chi connectivity index (χ3v) is 7.69. The highest BCUT2D eigenvalue weighted by Crippen LogP contribution is 2.36. The quantitative estimate of drug-likeness (QED) is 0.214. The molecule has 1 unspecified atom stereocenters. The van der Waals surface area contributed by atoms with Crippen molar-refractivity contribution in [2.45, 2.75) is 34.1 Å². The minimum atomic E-state index is -2.32. The van der Waals surface area contributed by atoms with Crippen LogP contribution in [0.4, 0.5) is 11.4 Å². The van der Waals surface area contributed by atoms with E-state index in [9.17, 15) is 4.57 Å². The Bertz CT molecular complexity index is 1260. The summed E-state index contributed by atoms with van der Waals surface area (Å²) in [5.74, 6) is 1.06. The van der Waals surface area contributed by atoms with Gasteiger partial charge >= 0.3 is 8.25 Å². The lowest BCUT2D eigenvalue weighted by Crippen LogP contribution is -2.21. The SMILES string of the molecule is CCN(CC)c1ccc(C(=C2C=CC(O[P+](=O)Oc3ccccc3)=CC2)c2ccc(N(CC)CC)cc2)cc1. The maximum atomic E-state index is 12.4. The molecule has 0 aromatic heterocycles. The number of anilines is 2. The van der Waals surface area contributed by atoms with Crippen LogP contribution in [0, 0.1) is 0 Å². The molecule has 202 valence electrons. The molecule has 5 nitrogen and oxygen atoms in total. The van der Waals surface area contributed by atoms with Crippen LogP contribution < -0.4 is 14.3 Å². The van der Waals surface area contributed by atoms with E-state index in [2.05, 4.69) is 92.1 Å². The molecular weight excluding hydrogens is 503 g/mol. The third-order valence-electron chi connectivity index (χ3n) is 6.97. The van der Waals surface area contributed by atoms with Gasteiger partial charge in [-0.05, 0) is 105 Å². The highest BCUT2D eigenvalue weighted by Gasteiger charge is 2.25. The summed E-state index contributed by atoms with van der Waals surface area (Å²) < 4.78 is 23.4. The van der Waals surface area contributed by atoms with Crippen molar-refractivity contribution in [3.8, 4) is 5.75 Å². The van der Waals surface area contributed by atoms with E-state index in [1.54, 1.807) is 12.1 Å². The van der Waals surface area contributed by atoms with E-state index in [4.69, 9.17) is 9.05 Å². The van der Waals surface area contributed by atoms with Gasteiger partial charge in [-0.3, -0.25) is 0 Å². The molecule has 0 aliphatic heterocycles. The van der Waals surface area contributed by atoms with Crippen LogP contribution in [0.2, 0.25) is 0 Å². The normalized spacial score (nSPS) is 13.0. The van der Waals surface area contributed by atoms with Crippen molar-refractivity contribution >= 4 is 25.2 Å². The second kappa shape index (κ2) is 13.8. The van der Waals surface area contributed by atoms with Gasteiger partial charge in [0.2, 0.25) is 0 Å². The topological polar surface area (TPSA) is 42.0 Å². The first-order chi connectivity index (χ1) is 19.1. The Morgan fingerprint density at radius 3 is 1.64 bits per heavy atom. The zero-order chi connectivity index (χ0) is 27.6. The van der Waals surface area contributed by atoms with E-state index in [-0.39, 0.29) is 0 Å². The number of allylic oxidation sites excluding steroid dienone is 4. The fraction of sp³-hybridized carbons (Fsp3) is 0.273. The Labute approximate surface area is 234 Å². The first-order valence-electron chi connectivity index (χ1n) is 13.8. The number of benzene rings is 3. The third kappa shape index (κ3) is 7.19.